The second-order valence-corrected chi connectivity index (χ2v) is 11.8. The van der Waals surface area contributed by atoms with Crippen molar-refractivity contribution in [2.24, 2.45) is 0 Å². The van der Waals surface area contributed by atoms with Gasteiger partial charge in [0.25, 0.3) is 11.8 Å². The lowest BCUT2D eigenvalue weighted by Gasteiger charge is -2.41. The second-order valence-electron chi connectivity index (χ2n) is 11.8. The molecule has 9 nitrogen and oxygen atoms in total. The zero-order valence-corrected chi connectivity index (χ0v) is 25.5. The fourth-order valence-electron chi connectivity index (χ4n) is 6.43. The molecule has 2 aliphatic heterocycles. The third-order valence-electron chi connectivity index (χ3n) is 8.86. The molecule has 4 heterocycles. The number of ether oxygens (including phenoxy) is 1. The van der Waals surface area contributed by atoms with Crippen molar-refractivity contribution < 1.29 is 27.1 Å². The Hall–Kier alpha value is -4.83. The number of nitriles is 1. The summed E-state index contributed by atoms with van der Waals surface area (Å²) in [7, 11) is 1.56. The summed E-state index contributed by atoms with van der Waals surface area (Å²) in [5.74, 6) is -5.97. The number of piperazine rings is 1. The van der Waals surface area contributed by atoms with Crippen LogP contribution < -0.4 is 9.64 Å². The molecule has 4 aromatic rings. The number of benzene rings is 2. The summed E-state index contributed by atoms with van der Waals surface area (Å²) in [6, 6.07) is 11.3. The van der Waals surface area contributed by atoms with E-state index in [1.54, 1.807) is 31.0 Å². The third kappa shape index (κ3) is 5.36. The van der Waals surface area contributed by atoms with Gasteiger partial charge in [-0.3, -0.25) is 14.7 Å². The van der Waals surface area contributed by atoms with Gasteiger partial charge in [-0.15, -0.1) is 0 Å². The fourth-order valence-corrected chi connectivity index (χ4v) is 6.43. The van der Waals surface area contributed by atoms with Crippen LogP contribution in [0.4, 0.5) is 23.4 Å². The summed E-state index contributed by atoms with van der Waals surface area (Å²) < 4.78 is 66.3. The van der Waals surface area contributed by atoms with E-state index in [4.69, 9.17) is 4.74 Å². The number of alkyl halides is 2. The van der Waals surface area contributed by atoms with Gasteiger partial charge < -0.3 is 14.5 Å². The van der Waals surface area contributed by atoms with E-state index in [0.717, 1.165) is 16.3 Å². The van der Waals surface area contributed by atoms with Gasteiger partial charge in [-0.1, -0.05) is 43.0 Å². The van der Waals surface area contributed by atoms with Gasteiger partial charge in [0.15, 0.2) is 17.7 Å². The van der Waals surface area contributed by atoms with Crippen LogP contribution in [0.2, 0.25) is 0 Å². The van der Waals surface area contributed by atoms with Crippen molar-refractivity contribution in [3.05, 3.63) is 66.4 Å². The molecule has 0 aliphatic carbocycles. The van der Waals surface area contributed by atoms with Crippen LogP contribution in [0.15, 0.2) is 55.0 Å². The van der Waals surface area contributed by atoms with E-state index in [2.05, 4.69) is 21.5 Å². The Bertz CT molecular complexity index is 1910. The lowest BCUT2D eigenvalue weighted by Crippen LogP contribution is -2.55. The number of aromatic nitrogens is 3. The number of fused-ring (bicyclic) bond motifs is 2. The van der Waals surface area contributed by atoms with Crippen LogP contribution in [0.1, 0.15) is 18.9 Å². The molecule has 2 saturated heterocycles. The number of rotatable bonds is 6. The van der Waals surface area contributed by atoms with Gasteiger partial charge in [0.05, 0.1) is 30.5 Å². The molecule has 0 radical (unpaired) electrons. The first-order valence-electron chi connectivity index (χ1n) is 14.8. The highest BCUT2D eigenvalue weighted by Crippen LogP contribution is 2.38. The van der Waals surface area contributed by atoms with Gasteiger partial charge in [-0.25, -0.2) is 17.6 Å². The van der Waals surface area contributed by atoms with Gasteiger partial charge >= 0.3 is 6.01 Å². The van der Waals surface area contributed by atoms with Gasteiger partial charge in [-0.05, 0) is 37.2 Å². The number of amides is 1. The van der Waals surface area contributed by atoms with E-state index in [1.165, 1.54) is 16.0 Å². The molecule has 0 spiro atoms. The summed E-state index contributed by atoms with van der Waals surface area (Å²) in [4.78, 5) is 30.1. The molecule has 13 heteroatoms. The largest absolute Gasteiger partial charge is 0.452 e. The van der Waals surface area contributed by atoms with Gasteiger partial charge in [-0.2, -0.15) is 15.2 Å². The molecule has 2 fully saturated rings. The first kappa shape index (κ1) is 31.2. The molecule has 0 unspecified atom stereocenters. The SMILES string of the molecule is C=C(F)C(=O)N1CCN(c2nc(O[C@H]3[C@@H](C)N(C)CC3(F)F)nc3c(F)c(-c4cccc5cccc(C)c45)ncc23)C[C@@H]1CC#N. The number of aryl methyl sites for hydroxylation is 1. The topological polar surface area (TPSA) is 98.5 Å². The lowest BCUT2D eigenvalue weighted by atomic mass is 9.97. The summed E-state index contributed by atoms with van der Waals surface area (Å²) in [5, 5.41) is 11.3. The number of likely N-dealkylation sites (N-methyl/N-ethyl adjacent to an activating group) is 1. The van der Waals surface area contributed by atoms with E-state index in [0.29, 0.717) is 5.56 Å². The standard InChI is InChI=1S/C33H31F4N7O2/c1-18-7-5-8-21-9-6-10-23(25(18)21)27-26(35)28-24(15-39-27)30(41-32(40-28)46-29-20(3)42(4)17-33(29,36)37)43-13-14-44(31(45)19(2)34)22(16-43)11-12-38/h5-10,15,20,22,29H,2,11,13-14,16-17H2,1,3-4H3/t20-,22+,29+/m1/s1. The molecule has 2 aliphatic rings. The number of anilines is 1. The van der Waals surface area contributed by atoms with Gasteiger partial charge in [0, 0.05) is 37.4 Å². The predicted molar refractivity (Wildman–Crippen MR) is 165 cm³/mol. The van der Waals surface area contributed by atoms with E-state index >= 15 is 13.2 Å². The van der Waals surface area contributed by atoms with E-state index < -0.39 is 54.2 Å². The van der Waals surface area contributed by atoms with Crippen molar-refractivity contribution in [2.75, 3.05) is 38.1 Å². The first-order chi connectivity index (χ1) is 21.9. The fraction of sp³-hybridized carbons (Fsp3) is 0.364. The molecule has 238 valence electrons. The Balaban J connectivity index is 1.50. The molecule has 3 atom stereocenters. The normalized spacial score (nSPS) is 21.5. The average Bonchev–Trinajstić information content (AvgIpc) is 3.22. The van der Waals surface area contributed by atoms with Crippen LogP contribution in [0, 0.1) is 24.1 Å². The van der Waals surface area contributed by atoms with Crippen LogP contribution in [0.25, 0.3) is 32.9 Å². The molecular weight excluding hydrogens is 602 g/mol. The summed E-state index contributed by atoms with van der Waals surface area (Å²) in [6.45, 7) is 6.19. The van der Waals surface area contributed by atoms with E-state index in [-0.39, 0.29) is 48.5 Å². The highest BCUT2D eigenvalue weighted by Gasteiger charge is 2.54. The predicted octanol–water partition coefficient (Wildman–Crippen LogP) is 5.42. The summed E-state index contributed by atoms with van der Waals surface area (Å²) in [5.41, 5.74) is 1.27. The lowest BCUT2D eigenvalue weighted by molar-refractivity contribution is -0.131. The minimum absolute atomic E-state index is 0.00159. The van der Waals surface area contributed by atoms with Crippen molar-refractivity contribution in [3.63, 3.8) is 0 Å². The third-order valence-corrected chi connectivity index (χ3v) is 8.86. The average molecular weight is 634 g/mol. The smallest absolute Gasteiger partial charge is 0.319 e. The molecule has 2 aromatic carbocycles. The monoisotopic (exact) mass is 633 g/mol. The highest BCUT2D eigenvalue weighted by molar-refractivity contribution is 6.00. The number of carbonyl (C=O) groups is 1. The van der Waals surface area contributed by atoms with Crippen LogP contribution in [0.5, 0.6) is 6.01 Å². The van der Waals surface area contributed by atoms with Crippen LogP contribution in [0.3, 0.4) is 0 Å². The maximum Gasteiger partial charge on any atom is 0.319 e. The van der Waals surface area contributed by atoms with Crippen molar-refractivity contribution in [2.45, 2.75) is 44.4 Å². The molecule has 6 rings (SSSR count). The molecular formula is C33H31F4N7O2. The van der Waals surface area contributed by atoms with Crippen molar-refractivity contribution in [1.29, 1.82) is 5.26 Å². The van der Waals surface area contributed by atoms with Crippen LogP contribution in [-0.2, 0) is 4.79 Å². The number of halogens is 4. The van der Waals surface area contributed by atoms with Crippen LogP contribution in [-0.4, -0.2) is 88.0 Å². The molecule has 2 aromatic heterocycles. The Kier molecular flexibility index (Phi) is 8.02. The molecule has 46 heavy (non-hydrogen) atoms. The number of pyridine rings is 1. The molecule has 0 bridgehead atoms. The Morgan fingerprint density at radius 3 is 2.61 bits per heavy atom. The maximum absolute atomic E-state index is 16.7. The first-order valence-corrected chi connectivity index (χ1v) is 14.8. The Morgan fingerprint density at radius 2 is 1.93 bits per heavy atom. The Morgan fingerprint density at radius 1 is 1.20 bits per heavy atom. The zero-order valence-electron chi connectivity index (χ0n) is 25.5. The summed E-state index contributed by atoms with van der Waals surface area (Å²) >= 11 is 0. The Labute approximate surface area is 262 Å². The number of nitrogens with zero attached hydrogens (tertiary/aromatic N) is 7. The van der Waals surface area contributed by atoms with Crippen molar-refractivity contribution in [1.82, 2.24) is 24.8 Å². The minimum atomic E-state index is -3.23. The molecule has 1 amide bonds. The molecule has 0 N–H and O–H groups in total. The van der Waals surface area contributed by atoms with Crippen molar-refractivity contribution in [3.8, 4) is 23.3 Å². The van der Waals surface area contributed by atoms with Crippen LogP contribution >= 0.6 is 0 Å². The number of hydrogen-bond donors (Lipinski definition) is 0. The number of carbonyl (C=O) groups excluding carboxylic acids is 1. The number of hydrogen-bond acceptors (Lipinski definition) is 8. The highest BCUT2D eigenvalue weighted by atomic mass is 19.3. The minimum Gasteiger partial charge on any atom is -0.452 e. The number of likely N-dealkylation sites (tertiary alicyclic amines) is 1. The molecule has 0 saturated carbocycles. The quantitative estimate of drug-likeness (QED) is 0.205. The zero-order chi connectivity index (χ0) is 32.9. The van der Waals surface area contributed by atoms with Gasteiger partial charge in [0.1, 0.15) is 17.0 Å². The van der Waals surface area contributed by atoms with E-state index in [9.17, 15) is 14.4 Å². The maximum atomic E-state index is 16.7. The second kappa shape index (κ2) is 11.8. The van der Waals surface area contributed by atoms with E-state index in [1.807, 2.05) is 37.3 Å². The van der Waals surface area contributed by atoms with Gasteiger partial charge in [0.2, 0.25) is 0 Å². The summed E-state index contributed by atoms with van der Waals surface area (Å²) in [6.07, 6.45) is -0.314. The van der Waals surface area contributed by atoms with Crippen molar-refractivity contribution >= 4 is 33.4 Å².